The Morgan fingerprint density at radius 2 is 2.05 bits per heavy atom. The van der Waals surface area contributed by atoms with E-state index in [0.29, 0.717) is 0 Å². The highest BCUT2D eigenvalue weighted by Gasteiger charge is 2.16. The lowest BCUT2D eigenvalue weighted by atomic mass is 10.0. The van der Waals surface area contributed by atoms with E-state index in [1.807, 2.05) is 0 Å². The van der Waals surface area contributed by atoms with E-state index in [2.05, 4.69) is 19.2 Å². The Kier molecular flexibility index (Phi) is 6.33. The largest absolute Gasteiger partial charge is 0.507 e. The molecule has 0 aromatic heterocycles. The van der Waals surface area contributed by atoms with Gasteiger partial charge < -0.3 is 10.4 Å². The first-order valence-electron chi connectivity index (χ1n) is 6.87. The summed E-state index contributed by atoms with van der Waals surface area (Å²) in [5.41, 5.74) is -0.00222. The Bertz CT molecular complexity index is 421. The minimum absolute atomic E-state index is 0.00222. The summed E-state index contributed by atoms with van der Waals surface area (Å²) in [5, 5.41) is 12.5. The highest BCUT2D eigenvalue weighted by atomic mass is 19.1. The lowest BCUT2D eigenvalue weighted by molar-refractivity contribution is 0.0929. The minimum Gasteiger partial charge on any atom is -0.507 e. The Balaban J connectivity index is 2.72. The van der Waals surface area contributed by atoms with Crippen molar-refractivity contribution in [2.45, 2.75) is 52.0 Å². The summed E-state index contributed by atoms with van der Waals surface area (Å²) < 4.78 is 13.1. The molecule has 1 unspecified atom stereocenters. The van der Waals surface area contributed by atoms with Gasteiger partial charge in [-0.2, -0.15) is 0 Å². The average molecular weight is 267 g/mol. The van der Waals surface area contributed by atoms with Crippen LogP contribution in [0.1, 0.15) is 56.3 Å². The molecule has 0 fully saturated rings. The standard InChI is InChI=1S/C15H22FNO2/c1-3-5-7-12(6-4-2)17-15(19)13-10-11(16)8-9-14(13)18/h8-10,12,18H,3-7H2,1-2H3,(H,17,19). The fraction of sp³-hybridized carbons (Fsp3) is 0.533. The molecule has 106 valence electrons. The van der Waals surface area contributed by atoms with Gasteiger partial charge in [0.2, 0.25) is 0 Å². The van der Waals surface area contributed by atoms with E-state index in [4.69, 9.17) is 0 Å². The van der Waals surface area contributed by atoms with Crippen molar-refractivity contribution in [3.63, 3.8) is 0 Å². The van der Waals surface area contributed by atoms with Gasteiger partial charge in [-0.05, 0) is 31.0 Å². The van der Waals surface area contributed by atoms with Gasteiger partial charge in [0.1, 0.15) is 11.6 Å². The highest BCUT2D eigenvalue weighted by molar-refractivity contribution is 5.96. The van der Waals surface area contributed by atoms with Gasteiger partial charge >= 0.3 is 0 Å². The Morgan fingerprint density at radius 1 is 1.32 bits per heavy atom. The molecule has 0 saturated carbocycles. The number of amides is 1. The molecule has 19 heavy (non-hydrogen) atoms. The number of benzene rings is 1. The lowest BCUT2D eigenvalue weighted by Crippen LogP contribution is -2.34. The quantitative estimate of drug-likeness (QED) is 0.792. The van der Waals surface area contributed by atoms with Crippen LogP contribution in [0.4, 0.5) is 4.39 Å². The molecule has 1 rings (SSSR count). The van der Waals surface area contributed by atoms with Gasteiger partial charge in [-0.15, -0.1) is 0 Å². The number of aromatic hydroxyl groups is 1. The maximum absolute atomic E-state index is 13.1. The monoisotopic (exact) mass is 267 g/mol. The summed E-state index contributed by atoms with van der Waals surface area (Å²) >= 11 is 0. The third-order valence-corrected chi connectivity index (χ3v) is 3.08. The maximum Gasteiger partial charge on any atom is 0.255 e. The van der Waals surface area contributed by atoms with Crippen LogP contribution in [0, 0.1) is 5.82 Å². The molecule has 1 aromatic rings. The van der Waals surface area contributed by atoms with Crippen molar-refractivity contribution in [3.8, 4) is 5.75 Å². The molecule has 1 amide bonds. The van der Waals surface area contributed by atoms with Gasteiger partial charge in [0.15, 0.2) is 0 Å². The third-order valence-electron chi connectivity index (χ3n) is 3.08. The van der Waals surface area contributed by atoms with Gasteiger partial charge in [-0.1, -0.05) is 33.1 Å². The number of nitrogens with one attached hydrogen (secondary N) is 1. The number of rotatable bonds is 7. The molecule has 1 aromatic carbocycles. The first kappa shape index (κ1) is 15.5. The number of hydrogen-bond donors (Lipinski definition) is 2. The van der Waals surface area contributed by atoms with E-state index in [9.17, 15) is 14.3 Å². The Hall–Kier alpha value is -1.58. The predicted octanol–water partition coefficient (Wildman–Crippen LogP) is 3.62. The molecule has 0 aliphatic carbocycles. The number of phenolic OH excluding ortho intramolecular Hbond substituents is 1. The topological polar surface area (TPSA) is 49.3 Å². The van der Waals surface area contributed by atoms with Crippen LogP contribution in [0.2, 0.25) is 0 Å². The smallest absolute Gasteiger partial charge is 0.255 e. The molecule has 0 bridgehead atoms. The lowest BCUT2D eigenvalue weighted by Gasteiger charge is -2.18. The van der Waals surface area contributed by atoms with E-state index < -0.39 is 11.7 Å². The summed E-state index contributed by atoms with van der Waals surface area (Å²) in [6.07, 6.45) is 4.89. The van der Waals surface area contributed by atoms with Crippen LogP contribution in [0.15, 0.2) is 18.2 Å². The van der Waals surface area contributed by atoms with Crippen molar-refractivity contribution in [3.05, 3.63) is 29.6 Å². The normalized spacial score (nSPS) is 12.2. The van der Waals surface area contributed by atoms with Crippen LogP contribution >= 0.6 is 0 Å². The van der Waals surface area contributed by atoms with Crippen LogP contribution < -0.4 is 5.32 Å². The van der Waals surface area contributed by atoms with Crippen molar-refractivity contribution in [2.24, 2.45) is 0 Å². The van der Waals surface area contributed by atoms with Crippen LogP contribution in [0.5, 0.6) is 5.75 Å². The van der Waals surface area contributed by atoms with Crippen molar-refractivity contribution in [2.75, 3.05) is 0 Å². The molecule has 0 saturated heterocycles. The van der Waals surface area contributed by atoms with E-state index in [1.165, 1.54) is 6.07 Å². The van der Waals surface area contributed by atoms with Crippen LogP contribution in [-0.4, -0.2) is 17.1 Å². The van der Waals surface area contributed by atoms with Gasteiger partial charge in [-0.25, -0.2) is 4.39 Å². The highest BCUT2D eigenvalue weighted by Crippen LogP contribution is 2.18. The Labute approximate surface area is 113 Å². The van der Waals surface area contributed by atoms with Crippen molar-refractivity contribution in [1.82, 2.24) is 5.32 Å². The van der Waals surface area contributed by atoms with E-state index >= 15 is 0 Å². The van der Waals surface area contributed by atoms with Crippen molar-refractivity contribution in [1.29, 1.82) is 0 Å². The molecule has 1 atom stereocenters. The third kappa shape index (κ3) is 4.89. The van der Waals surface area contributed by atoms with Crippen LogP contribution in [0.25, 0.3) is 0 Å². The zero-order valence-electron chi connectivity index (χ0n) is 11.6. The zero-order chi connectivity index (χ0) is 14.3. The second-order valence-corrected chi connectivity index (χ2v) is 4.76. The SMILES string of the molecule is CCCCC(CCC)NC(=O)c1cc(F)ccc1O. The number of phenols is 1. The molecule has 2 N–H and O–H groups in total. The van der Waals surface area contributed by atoms with Crippen LogP contribution in [-0.2, 0) is 0 Å². The second-order valence-electron chi connectivity index (χ2n) is 4.76. The van der Waals surface area contributed by atoms with Gasteiger partial charge in [0.25, 0.3) is 5.91 Å². The molecule has 4 heteroatoms. The first-order chi connectivity index (χ1) is 9.08. The van der Waals surface area contributed by atoms with Crippen LogP contribution in [0.3, 0.4) is 0 Å². The summed E-state index contributed by atoms with van der Waals surface area (Å²) in [5.74, 6) is -1.13. The number of unbranched alkanes of at least 4 members (excludes halogenated alkanes) is 1. The van der Waals surface area contributed by atoms with Gasteiger partial charge in [0.05, 0.1) is 5.56 Å². The summed E-state index contributed by atoms with van der Waals surface area (Å²) in [6, 6.07) is 3.48. The molecule has 3 nitrogen and oxygen atoms in total. The molecule has 0 spiro atoms. The number of carbonyl (C=O) groups is 1. The molecule has 0 heterocycles. The maximum atomic E-state index is 13.1. The molecule has 0 aliphatic heterocycles. The second kappa shape index (κ2) is 7.77. The number of carbonyl (C=O) groups excluding carboxylic acids is 1. The minimum atomic E-state index is -0.524. The fourth-order valence-electron chi connectivity index (χ4n) is 2.04. The summed E-state index contributed by atoms with van der Waals surface area (Å²) in [6.45, 7) is 4.16. The summed E-state index contributed by atoms with van der Waals surface area (Å²) in [4.78, 5) is 12.0. The fourth-order valence-corrected chi connectivity index (χ4v) is 2.04. The van der Waals surface area contributed by atoms with Gasteiger partial charge in [-0.3, -0.25) is 4.79 Å². The van der Waals surface area contributed by atoms with E-state index in [-0.39, 0.29) is 17.4 Å². The molecular weight excluding hydrogens is 245 g/mol. The van der Waals surface area contributed by atoms with Gasteiger partial charge in [0, 0.05) is 6.04 Å². The van der Waals surface area contributed by atoms with Crippen molar-refractivity contribution >= 4 is 5.91 Å². The first-order valence-corrected chi connectivity index (χ1v) is 6.87. The zero-order valence-corrected chi connectivity index (χ0v) is 11.6. The molecule has 0 radical (unpaired) electrons. The average Bonchev–Trinajstić information content (AvgIpc) is 2.39. The Morgan fingerprint density at radius 3 is 2.68 bits per heavy atom. The molecular formula is C15H22FNO2. The molecule has 0 aliphatic rings. The number of hydrogen-bond acceptors (Lipinski definition) is 2. The van der Waals surface area contributed by atoms with E-state index in [1.54, 1.807) is 0 Å². The summed E-state index contributed by atoms with van der Waals surface area (Å²) in [7, 11) is 0. The van der Waals surface area contributed by atoms with Crippen molar-refractivity contribution < 1.29 is 14.3 Å². The predicted molar refractivity (Wildman–Crippen MR) is 73.8 cm³/mol. The number of halogens is 1. The van der Waals surface area contributed by atoms with E-state index in [0.717, 1.165) is 44.2 Å².